The van der Waals surface area contributed by atoms with Gasteiger partial charge in [-0.05, 0) is 117 Å². The van der Waals surface area contributed by atoms with Gasteiger partial charge in [0.1, 0.15) is 0 Å². The zero-order valence-electron chi connectivity index (χ0n) is 19.6. The average Bonchev–Trinajstić information content (AvgIpc) is 3.11. The molecule has 4 heteroatoms. The molecule has 0 amide bonds. The lowest BCUT2D eigenvalue weighted by molar-refractivity contribution is -0.0694. The van der Waals surface area contributed by atoms with Gasteiger partial charge in [-0.1, -0.05) is 38.5 Å². The fraction of sp³-hybridized carbons (Fsp3) is 0.778. The van der Waals surface area contributed by atoms with E-state index in [2.05, 4.69) is 25.5 Å². The molecule has 9 atom stereocenters. The second-order valence-corrected chi connectivity index (χ2v) is 13.5. The van der Waals surface area contributed by atoms with Crippen LogP contribution in [0.4, 0.5) is 0 Å². The van der Waals surface area contributed by atoms with Crippen LogP contribution < -0.4 is 4.72 Å². The van der Waals surface area contributed by atoms with Crippen molar-refractivity contribution in [2.45, 2.75) is 89.5 Å². The van der Waals surface area contributed by atoms with Crippen LogP contribution in [0.25, 0.3) is 0 Å². The molecule has 0 bridgehead atoms. The highest BCUT2D eigenvalue weighted by Gasteiger charge is 2.57. The summed E-state index contributed by atoms with van der Waals surface area (Å²) in [5.74, 6) is 5.97. The first kappa shape index (κ1) is 21.9. The molecule has 0 spiro atoms. The second kappa shape index (κ2) is 8.17. The number of benzene rings is 1. The number of hydrogen-bond acceptors (Lipinski definition) is 2. The topological polar surface area (TPSA) is 46.2 Å². The SMILES string of the molecule is C[C@H]1CC[C@@H]2C3CC[C@@]4(C)C(CCC4[C@H](C)NS(=O)(=O)c4ccccc4)[C@@H]3CC[C@@H]2C1. The van der Waals surface area contributed by atoms with Crippen LogP contribution in [0, 0.1) is 46.8 Å². The molecule has 4 aliphatic carbocycles. The normalized spacial score (nSPS) is 43.5. The van der Waals surface area contributed by atoms with Gasteiger partial charge in [-0.15, -0.1) is 0 Å². The highest BCUT2D eigenvalue weighted by atomic mass is 32.2. The van der Waals surface area contributed by atoms with Crippen molar-refractivity contribution in [2.24, 2.45) is 46.8 Å². The van der Waals surface area contributed by atoms with Crippen LogP contribution >= 0.6 is 0 Å². The van der Waals surface area contributed by atoms with Crippen molar-refractivity contribution in [1.29, 1.82) is 0 Å². The molecule has 3 unspecified atom stereocenters. The summed E-state index contributed by atoms with van der Waals surface area (Å²) in [6, 6.07) is 8.85. The molecule has 1 N–H and O–H groups in total. The van der Waals surface area contributed by atoms with Crippen molar-refractivity contribution >= 4 is 10.0 Å². The molecule has 5 rings (SSSR count). The van der Waals surface area contributed by atoms with E-state index >= 15 is 0 Å². The maximum Gasteiger partial charge on any atom is 0.240 e. The van der Waals surface area contributed by atoms with Gasteiger partial charge in [0.15, 0.2) is 0 Å². The van der Waals surface area contributed by atoms with E-state index in [0.29, 0.717) is 10.8 Å². The Morgan fingerprint density at radius 1 is 0.935 bits per heavy atom. The summed E-state index contributed by atoms with van der Waals surface area (Å²) in [5, 5.41) is 0. The van der Waals surface area contributed by atoms with E-state index in [1.807, 2.05) is 6.07 Å². The Morgan fingerprint density at radius 2 is 1.68 bits per heavy atom. The molecule has 0 heterocycles. The van der Waals surface area contributed by atoms with Crippen molar-refractivity contribution in [3.8, 4) is 0 Å². The van der Waals surface area contributed by atoms with Crippen LogP contribution in [0.5, 0.6) is 0 Å². The second-order valence-electron chi connectivity index (χ2n) is 11.8. The summed E-state index contributed by atoms with van der Waals surface area (Å²) in [4.78, 5) is 0.384. The van der Waals surface area contributed by atoms with Gasteiger partial charge in [-0.3, -0.25) is 0 Å². The van der Waals surface area contributed by atoms with Gasteiger partial charge < -0.3 is 0 Å². The van der Waals surface area contributed by atoms with Gasteiger partial charge in [0, 0.05) is 6.04 Å². The monoisotopic (exact) mass is 443 g/mol. The molecule has 31 heavy (non-hydrogen) atoms. The molecule has 0 saturated heterocycles. The van der Waals surface area contributed by atoms with Gasteiger partial charge in [-0.25, -0.2) is 13.1 Å². The van der Waals surface area contributed by atoms with E-state index < -0.39 is 10.0 Å². The predicted molar refractivity (Wildman–Crippen MR) is 126 cm³/mol. The third-order valence-corrected chi connectivity index (χ3v) is 11.9. The third-order valence-electron chi connectivity index (χ3n) is 10.3. The molecular weight excluding hydrogens is 402 g/mol. The number of hydrogen-bond donors (Lipinski definition) is 1. The molecule has 1 aromatic carbocycles. The van der Waals surface area contributed by atoms with Crippen molar-refractivity contribution in [2.75, 3.05) is 0 Å². The summed E-state index contributed by atoms with van der Waals surface area (Å²) in [6.45, 7) is 7.08. The maximum atomic E-state index is 13.0. The van der Waals surface area contributed by atoms with E-state index in [1.165, 1.54) is 57.8 Å². The van der Waals surface area contributed by atoms with Crippen molar-refractivity contribution < 1.29 is 8.42 Å². The molecule has 0 aromatic heterocycles. The van der Waals surface area contributed by atoms with Gasteiger partial charge in [0.05, 0.1) is 4.90 Å². The maximum absolute atomic E-state index is 13.0. The first-order chi connectivity index (χ1) is 14.8. The lowest BCUT2D eigenvalue weighted by Gasteiger charge is -2.56. The lowest BCUT2D eigenvalue weighted by Crippen LogP contribution is -2.51. The highest BCUT2D eigenvalue weighted by Crippen LogP contribution is 2.64. The van der Waals surface area contributed by atoms with Crippen LogP contribution in [-0.4, -0.2) is 14.5 Å². The van der Waals surface area contributed by atoms with E-state index in [1.54, 1.807) is 24.3 Å². The minimum atomic E-state index is -3.46. The Hall–Kier alpha value is -0.870. The summed E-state index contributed by atoms with van der Waals surface area (Å²) >= 11 is 0. The number of sulfonamides is 1. The Bertz CT molecular complexity index is 884. The summed E-state index contributed by atoms with van der Waals surface area (Å²) in [7, 11) is -3.46. The number of rotatable bonds is 4. The summed E-state index contributed by atoms with van der Waals surface area (Å²) < 4.78 is 29.0. The standard InChI is InChI=1S/C27H41NO2S/c1-18-9-11-22-20(17-18)10-12-24-23(22)15-16-27(3)25(13-14-26(24)27)19(2)28-31(29,30)21-7-5-4-6-8-21/h4-8,18-20,22-26,28H,9-17H2,1-3H3/t18-,19-,20+,22-,23?,24+,25?,26?,27+/m0/s1. The fourth-order valence-corrected chi connectivity index (χ4v) is 10.2. The van der Waals surface area contributed by atoms with Crippen LogP contribution in [-0.2, 0) is 10.0 Å². The zero-order chi connectivity index (χ0) is 21.8. The first-order valence-corrected chi connectivity index (χ1v) is 14.4. The quantitative estimate of drug-likeness (QED) is 0.597. The molecule has 3 nitrogen and oxygen atoms in total. The minimum Gasteiger partial charge on any atom is -0.208 e. The van der Waals surface area contributed by atoms with Gasteiger partial charge in [0.2, 0.25) is 10.0 Å². The van der Waals surface area contributed by atoms with E-state index in [0.717, 1.165) is 35.5 Å². The van der Waals surface area contributed by atoms with Crippen molar-refractivity contribution in [3.63, 3.8) is 0 Å². The molecule has 0 aliphatic heterocycles. The third kappa shape index (κ3) is 3.80. The molecular formula is C27H41NO2S. The Morgan fingerprint density at radius 3 is 2.45 bits per heavy atom. The Labute approximate surface area is 189 Å². The molecule has 172 valence electrons. The highest BCUT2D eigenvalue weighted by molar-refractivity contribution is 7.89. The lowest BCUT2D eigenvalue weighted by atomic mass is 9.49. The largest absolute Gasteiger partial charge is 0.240 e. The Balaban J connectivity index is 1.31. The van der Waals surface area contributed by atoms with Crippen LogP contribution in [0.1, 0.15) is 78.6 Å². The van der Waals surface area contributed by atoms with Crippen LogP contribution in [0.15, 0.2) is 35.2 Å². The summed E-state index contributed by atoms with van der Waals surface area (Å²) in [5.41, 5.74) is 0.286. The van der Waals surface area contributed by atoms with E-state index in [-0.39, 0.29) is 11.5 Å². The fourth-order valence-electron chi connectivity index (χ4n) is 8.94. The molecule has 4 fully saturated rings. The van der Waals surface area contributed by atoms with E-state index in [9.17, 15) is 8.42 Å². The summed E-state index contributed by atoms with van der Waals surface area (Å²) in [6.07, 6.45) is 12.4. The molecule has 4 saturated carbocycles. The average molecular weight is 444 g/mol. The van der Waals surface area contributed by atoms with Gasteiger partial charge in [-0.2, -0.15) is 0 Å². The van der Waals surface area contributed by atoms with Crippen molar-refractivity contribution in [3.05, 3.63) is 30.3 Å². The molecule has 1 aromatic rings. The van der Waals surface area contributed by atoms with Crippen LogP contribution in [0.2, 0.25) is 0 Å². The van der Waals surface area contributed by atoms with E-state index in [4.69, 9.17) is 0 Å². The smallest absolute Gasteiger partial charge is 0.208 e. The van der Waals surface area contributed by atoms with Gasteiger partial charge >= 0.3 is 0 Å². The number of nitrogens with one attached hydrogen (secondary N) is 1. The molecule has 0 radical (unpaired) electrons. The molecule has 4 aliphatic rings. The number of fused-ring (bicyclic) bond motifs is 5. The van der Waals surface area contributed by atoms with Crippen LogP contribution in [0.3, 0.4) is 0 Å². The zero-order valence-corrected chi connectivity index (χ0v) is 20.4. The minimum absolute atomic E-state index is 0.0105. The van der Waals surface area contributed by atoms with Crippen molar-refractivity contribution in [1.82, 2.24) is 4.72 Å². The predicted octanol–water partition coefficient (Wildman–Crippen LogP) is 6.26. The Kier molecular flexibility index (Phi) is 5.78. The first-order valence-electron chi connectivity index (χ1n) is 12.9. The van der Waals surface area contributed by atoms with Gasteiger partial charge in [0.25, 0.3) is 0 Å².